The monoisotopic (exact) mass is 211 g/mol. The van der Waals surface area contributed by atoms with E-state index in [2.05, 4.69) is 22.2 Å². The second-order valence-corrected chi connectivity index (χ2v) is 4.08. The minimum atomic E-state index is 0.290. The maximum Gasteiger partial charge on any atom is 0.0925 e. The minimum absolute atomic E-state index is 0.290. The van der Waals surface area contributed by atoms with E-state index in [1.54, 1.807) is 6.33 Å². The molecule has 0 saturated carbocycles. The van der Waals surface area contributed by atoms with Crippen molar-refractivity contribution in [3.8, 4) is 0 Å². The number of imidazole rings is 1. The molecule has 0 fully saturated rings. The second kappa shape index (κ2) is 6.58. The molecule has 0 aromatic carbocycles. The average molecular weight is 211 g/mol. The normalized spacial score (nSPS) is 13.0. The second-order valence-electron chi connectivity index (χ2n) is 4.08. The van der Waals surface area contributed by atoms with E-state index in [0.717, 1.165) is 37.3 Å². The molecule has 0 amide bonds. The van der Waals surface area contributed by atoms with Crippen LogP contribution in [0.5, 0.6) is 0 Å². The number of rotatable bonds is 7. The van der Waals surface area contributed by atoms with Crippen molar-refractivity contribution in [1.29, 1.82) is 0 Å². The van der Waals surface area contributed by atoms with Crippen LogP contribution in [0.15, 0.2) is 6.33 Å². The van der Waals surface area contributed by atoms with E-state index < -0.39 is 0 Å². The summed E-state index contributed by atoms with van der Waals surface area (Å²) < 4.78 is 0. The van der Waals surface area contributed by atoms with Crippen LogP contribution in [0, 0.1) is 12.8 Å². The number of hydrogen-bond donors (Lipinski definition) is 3. The molecular weight excluding hydrogens is 190 g/mol. The van der Waals surface area contributed by atoms with Crippen LogP contribution < -0.4 is 5.32 Å². The summed E-state index contributed by atoms with van der Waals surface area (Å²) in [5.74, 6) is 0.416. The van der Waals surface area contributed by atoms with Gasteiger partial charge in [-0.15, -0.1) is 0 Å². The van der Waals surface area contributed by atoms with E-state index in [4.69, 9.17) is 5.11 Å². The van der Waals surface area contributed by atoms with Gasteiger partial charge in [0.15, 0.2) is 0 Å². The maximum absolute atomic E-state index is 8.84. The Morgan fingerprint density at radius 3 is 3.00 bits per heavy atom. The molecule has 4 heteroatoms. The van der Waals surface area contributed by atoms with Gasteiger partial charge < -0.3 is 15.4 Å². The highest BCUT2D eigenvalue weighted by Crippen LogP contribution is 2.03. The van der Waals surface area contributed by atoms with Crippen molar-refractivity contribution in [2.24, 2.45) is 5.92 Å². The van der Waals surface area contributed by atoms with E-state index >= 15 is 0 Å². The van der Waals surface area contributed by atoms with Crippen molar-refractivity contribution in [1.82, 2.24) is 15.3 Å². The first-order valence-electron chi connectivity index (χ1n) is 5.54. The van der Waals surface area contributed by atoms with Gasteiger partial charge in [-0.1, -0.05) is 6.92 Å². The van der Waals surface area contributed by atoms with Gasteiger partial charge in [0.25, 0.3) is 0 Å². The predicted octanol–water partition coefficient (Wildman–Crippen LogP) is 1.22. The van der Waals surface area contributed by atoms with E-state index in [1.165, 1.54) is 0 Å². The number of aryl methyl sites for hydroxylation is 1. The summed E-state index contributed by atoms with van der Waals surface area (Å²) in [5.41, 5.74) is 2.22. The smallest absolute Gasteiger partial charge is 0.0925 e. The minimum Gasteiger partial charge on any atom is -0.396 e. The Bertz CT molecular complexity index is 273. The van der Waals surface area contributed by atoms with Crippen LogP contribution in [0.1, 0.15) is 31.2 Å². The molecule has 1 unspecified atom stereocenters. The van der Waals surface area contributed by atoms with Crippen molar-refractivity contribution in [2.75, 3.05) is 13.2 Å². The predicted molar refractivity (Wildman–Crippen MR) is 60.5 cm³/mol. The number of hydrogen-bond acceptors (Lipinski definition) is 3. The van der Waals surface area contributed by atoms with Gasteiger partial charge in [0.2, 0.25) is 0 Å². The first-order valence-corrected chi connectivity index (χ1v) is 5.54. The van der Waals surface area contributed by atoms with Gasteiger partial charge in [0, 0.05) is 18.8 Å². The van der Waals surface area contributed by atoms with Crippen LogP contribution in [0.3, 0.4) is 0 Å². The van der Waals surface area contributed by atoms with Crippen LogP contribution in [0.2, 0.25) is 0 Å². The molecule has 15 heavy (non-hydrogen) atoms. The summed E-state index contributed by atoms with van der Waals surface area (Å²) >= 11 is 0. The van der Waals surface area contributed by atoms with Crippen LogP contribution >= 0.6 is 0 Å². The van der Waals surface area contributed by atoms with E-state index in [0.29, 0.717) is 12.5 Å². The molecule has 1 heterocycles. The zero-order valence-corrected chi connectivity index (χ0v) is 9.58. The van der Waals surface area contributed by atoms with Crippen molar-refractivity contribution >= 4 is 0 Å². The zero-order valence-electron chi connectivity index (χ0n) is 9.58. The lowest BCUT2D eigenvalue weighted by atomic mass is 10.1. The average Bonchev–Trinajstić information content (AvgIpc) is 2.63. The summed E-state index contributed by atoms with van der Waals surface area (Å²) in [6, 6.07) is 0. The Morgan fingerprint density at radius 1 is 1.60 bits per heavy atom. The first-order chi connectivity index (χ1) is 7.24. The Hall–Kier alpha value is -0.870. The molecule has 0 radical (unpaired) electrons. The van der Waals surface area contributed by atoms with Crippen molar-refractivity contribution < 1.29 is 5.11 Å². The molecule has 0 aliphatic rings. The van der Waals surface area contributed by atoms with Crippen LogP contribution in [0.25, 0.3) is 0 Å². The third-order valence-electron chi connectivity index (χ3n) is 2.59. The Balaban J connectivity index is 2.05. The molecule has 1 aromatic heterocycles. The van der Waals surface area contributed by atoms with Gasteiger partial charge in [-0.3, -0.25) is 0 Å². The topological polar surface area (TPSA) is 60.9 Å². The number of nitrogens with zero attached hydrogens (tertiary/aromatic N) is 1. The molecule has 0 aliphatic heterocycles. The van der Waals surface area contributed by atoms with Gasteiger partial charge in [-0.05, 0) is 32.2 Å². The Labute approximate surface area is 91.1 Å². The third kappa shape index (κ3) is 4.44. The fourth-order valence-corrected chi connectivity index (χ4v) is 1.44. The zero-order chi connectivity index (χ0) is 11.1. The largest absolute Gasteiger partial charge is 0.396 e. The summed E-state index contributed by atoms with van der Waals surface area (Å²) in [4.78, 5) is 7.26. The molecule has 1 rings (SSSR count). The molecule has 0 aliphatic carbocycles. The number of nitrogens with one attached hydrogen (secondary N) is 2. The Kier molecular flexibility index (Phi) is 5.36. The number of H-pyrrole nitrogens is 1. The molecular formula is C11H21N3O. The fraction of sp³-hybridized carbons (Fsp3) is 0.727. The van der Waals surface area contributed by atoms with Gasteiger partial charge in [-0.2, -0.15) is 0 Å². The number of aliphatic hydroxyl groups is 1. The van der Waals surface area contributed by atoms with E-state index in [1.807, 2.05) is 6.92 Å². The highest BCUT2D eigenvalue weighted by molar-refractivity contribution is 5.07. The van der Waals surface area contributed by atoms with Gasteiger partial charge >= 0.3 is 0 Å². The van der Waals surface area contributed by atoms with Gasteiger partial charge in [-0.25, -0.2) is 4.98 Å². The standard InChI is InChI=1S/C11H21N3O/c1-9(7-15)4-3-5-12-6-11-10(2)13-8-14-11/h8-9,12,15H,3-7H2,1-2H3,(H,13,14). The van der Waals surface area contributed by atoms with Crippen molar-refractivity contribution in [3.63, 3.8) is 0 Å². The quantitative estimate of drug-likeness (QED) is 0.594. The van der Waals surface area contributed by atoms with E-state index in [9.17, 15) is 0 Å². The maximum atomic E-state index is 8.84. The lowest BCUT2D eigenvalue weighted by Crippen LogP contribution is -2.16. The molecule has 1 atom stereocenters. The van der Waals surface area contributed by atoms with Crippen molar-refractivity contribution in [2.45, 2.75) is 33.2 Å². The summed E-state index contributed by atoms with van der Waals surface area (Å²) in [6.45, 7) is 6.19. The van der Waals surface area contributed by atoms with Crippen LogP contribution in [-0.4, -0.2) is 28.2 Å². The summed E-state index contributed by atoms with van der Waals surface area (Å²) in [7, 11) is 0. The SMILES string of the molecule is Cc1[nH]cnc1CNCCCC(C)CO. The lowest BCUT2D eigenvalue weighted by Gasteiger charge is -2.07. The number of aliphatic hydroxyl groups excluding tert-OH is 1. The fourth-order valence-electron chi connectivity index (χ4n) is 1.44. The van der Waals surface area contributed by atoms with Crippen LogP contribution in [0.4, 0.5) is 0 Å². The molecule has 3 N–H and O–H groups in total. The molecule has 4 nitrogen and oxygen atoms in total. The summed E-state index contributed by atoms with van der Waals surface area (Å²) in [6.07, 6.45) is 3.90. The number of aromatic amines is 1. The first kappa shape index (κ1) is 12.2. The molecule has 86 valence electrons. The van der Waals surface area contributed by atoms with Crippen molar-refractivity contribution in [3.05, 3.63) is 17.7 Å². The van der Waals surface area contributed by atoms with E-state index in [-0.39, 0.29) is 0 Å². The molecule has 0 bridgehead atoms. The highest BCUT2D eigenvalue weighted by atomic mass is 16.3. The Morgan fingerprint density at radius 2 is 2.40 bits per heavy atom. The molecule has 1 aromatic rings. The highest BCUT2D eigenvalue weighted by Gasteiger charge is 2.01. The summed E-state index contributed by atoms with van der Waals surface area (Å²) in [5, 5.41) is 12.2. The lowest BCUT2D eigenvalue weighted by molar-refractivity contribution is 0.228. The molecule has 0 saturated heterocycles. The van der Waals surface area contributed by atoms with Gasteiger partial charge in [0.05, 0.1) is 12.0 Å². The van der Waals surface area contributed by atoms with Gasteiger partial charge in [0.1, 0.15) is 0 Å². The van der Waals surface area contributed by atoms with Crippen LogP contribution in [-0.2, 0) is 6.54 Å². The third-order valence-corrected chi connectivity index (χ3v) is 2.59. The number of aromatic nitrogens is 2. The molecule has 0 spiro atoms.